The number of aryl methyl sites for hydroxylation is 1. The number of methoxy groups -OCH3 is 1. The van der Waals surface area contributed by atoms with Gasteiger partial charge >= 0.3 is 5.97 Å². The molecule has 0 bridgehead atoms. The summed E-state index contributed by atoms with van der Waals surface area (Å²) in [5.41, 5.74) is 4.58. The molecule has 0 spiro atoms. The number of fused-ring (bicyclic) bond motifs is 5. The van der Waals surface area contributed by atoms with Crippen LogP contribution >= 0.6 is 27.5 Å². The van der Waals surface area contributed by atoms with Crippen LogP contribution in [0.4, 0.5) is 5.95 Å². The highest BCUT2D eigenvalue weighted by atomic mass is 79.9. The molecule has 0 unspecified atom stereocenters. The Morgan fingerprint density at radius 1 is 1.35 bits per heavy atom. The van der Waals surface area contributed by atoms with E-state index in [2.05, 4.69) is 46.1 Å². The summed E-state index contributed by atoms with van der Waals surface area (Å²) in [6, 6.07) is 7.20. The smallest absolute Gasteiger partial charge is 0.311 e. The molecule has 3 N–H and O–H groups in total. The molecule has 1 saturated carbocycles. The van der Waals surface area contributed by atoms with Crippen molar-refractivity contribution in [1.29, 1.82) is 0 Å². The summed E-state index contributed by atoms with van der Waals surface area (Å²) in [6.45, 7) is 4.79. The molecule has 34 heavy (non-hydrogen) atoms. The highest BCUT2D eigenvalue weighted by molar-refractivity contribution is 9.10. The minimum Gasteiger partial charge on any atom is -0.508 e. The van der Waals surface area contributed by atoms with Gasteiger partial charge in [-0.1, -0.05) is 24.9 Å². The molecule has 5 rings (SSSR count). The molecule has 180 valence electrons. The third kappa shape index (κ3) is 3.59. The fourth-order valence-corrected chi connectivity index (χ4v) is 7.22. The number of nitrogens with zero attached hydrogens (tertiary/aromatic N) is 1. The Kier molecular flexibility index (Phi) is 5.84. The van der Waals surface area contributed by atoms with Crippen LogP contribution in [-0.2, 0) is 27.9 Å². The number of halogens is 2. The van der Waals surface area contributed by atoms with E-state index in [-0.39, 0.29) is 23.1 Å². The molecule has 2 aromatic carbocycles. The fraction of sp³-hybridized carbons (Fsp3) is 0.462. The van der Waals surface area contributed by atoms with Crippen molar-refractivity contribution in [1.82, 2.24) is 9.97 Å². The van der Waals surface area contributed by atoms with Gasteiger partial charge in [0, 0.05) is 21.6 Å². The van der Waals surface area contributed by atoms with E-state index in [0.29, 0.717) is 23.1 Å². The van der Waals surface area contributed by atoms with E-state index in [1.54, 1.807) is 18.2 Å². The number of phenolic OH excluding ortho intramolecular Hbond substituents is 1. The van der Waals surface area contributed by atoms with E-state index in [1.165, 1.54) is 18.2 Å². The van der Waals surface area contributed by atoms with Crippen LogP contribution in [0.3, 0.4) is 0 Å². The molecule has 3 aromatic rings. The Hall–Kier alpha value is -2.25. The number of rotatable bonds is 4. The van der Waals surface area contributed by atoms with E-state index in [4.69, 9.17) is 21.3 Å². The lowest BCUT2D eigenvalue weighted by Gasteiger charge is -2.54. The van der Waals surface area contributed by atoms with Gasteiger partial charge in [-0.15, -0.1) is 0 Å². The van der Waals surface area contributed by atoms with E-state index < -0.39 is 5.41 Å². The summed E-state index contributed by atoms with van der Waals surface area (Å²) in [5.74, 6) is 0.962. The first-order valence-electron chi connectivity index (χ1n) is 11.7. The largest absolute Gasteiger partial charge is 0.508 e. The number of hydrogen-bond acceptors (Lipinski definition) is 5. The first-order valence-corrected chi connectivity index (χ1v) is 12.9. The summed E-state index contributed by atoms with van der Waals surface area (Å²) < 4.78 is 6.19. The lowest BCUT2D eigenvalue weighted by atomic mass is 9.50. The number of H-pyrrole nitrogens is 1. The number of carbonyl (C=O) groups excluding carboxylic acids is 1. The van der Waals surface area contributed by atoms with Crippen molar-refractivity contribution in [3.63, 3.8) is 0 Å². The SMILES string of the molecule is COC(=O)[C@]1(C)CCC[C@]2(C)c3cc(Br)c4nc(NCc5cc(Cl)ccc5O)[nH]c4c3CC[C@@H]12. The second kappa shape index (κ2) is 8.45. The summed E-state index contributed by atoms with van der Waals surface area (Å²) >= 11 is 9.84. The van der Waals surface area contributed by atoms with Gasteiger partial charge in [0.05, 0.1) is 18.0 Å². The lowest BCUT2D eigenvalue weighted by Crippen LogP contribution is -2.52. The zero-order valence-electron chi connectivity index (χ0n) is 19.6. The minimum absolute atomic E-state index is 0.0932. The number of anilines is 1. The average molecular weight is 547 g/mol. The van der Waals surface area contributed by atoms with Gasteiger partial charge in [-0.05, 0) is 95.3 Å². The topological polar surface area (TPSA) is 87.2 Å². The van der Waals surface area contributed by atoms with Crippen LogP contribution in [0, 0.1) is 11.3 Å². The number of aromatic nitrogens is 2. The quantitative estimate of drug-likeness (QED) is 0.326. The third-order valence-electron chi connectivity index (χ3n) is 8.20. The van der Waals surface area contributed by atoms with Gasteiger partial charge in [0.25, 0.3) is 0 Å². The first kappa shape index (κ1) is 23.5. The maximum Gasteiger partial charge on any atom is 0.311 e. The standard InChI is InChI=1S/C26H29BrClN3O3/c1-25-9-4-10-26(2,23(33)34-3)20(25)8-6-16-17(25)12-18(27)22-21(16)30-24(31-22)29-13-14-11-15(28)5-7-19(14)32/h5,7,11-12,20,32H,4,6,8-10,13H2,1-3H3,(H2,29,30,31)/t20-,25-,26-/m1/s1. The van der Waals surface area contributed by atoms with Crippen LogP contribution in [0.25, 0.3) is 11.0 Å². The Morgan fingerprint density at radius 3 is 2.91 bits per heavy atom. The van der Waals surface area contributed by atoms with Crippen molar-refractivity contribution in [2.45, 2.75) is 57.9 Å². The van der Waals surface area contributed by atoms with Crippen LogP contribution in [0.5, 0.6) is 5.75 Å². The molecule has 3 atom stereocenters. The molecule has 1 aromatic heterocycles. The van der Waals surface area contributed by atoms with Gasteiger partial charge in [0.2, 0.25) is 5.95 Å². The molecule has 6 nitrogen and oxygen atoms in total. The van der Waals surface area contributed by atoms with Crippen LogP contribution in [0.2, 0.25) is 5.02 Å². The summed E-state index contributed by atoms with van der Waals surface area (Å²) in [5, 5.41) is 14.0. The van der Waals surface area contributed by atoms with Gasteiger partial charge in [-0.25, -0.2) is 4.98 Å². The molecule has 0 amide bonds. The Morgan fingerprint density at radius 2 is 2.15 bits per heavy atom. The zero-order valence-corrected chi connectivity index (χ0v) is 21.9. The van der Waals surface area contributed by atoms with Crippen LogP contribution in [0.15, 0.2) is 28.7 Å². The number of imidazole rings is 1. The maximum atomic E-state index is 12.8. The van der Waals surface area contributed by atoms with E-state index in [0.717, 1.165) is 47.6 Å². The molecule has 2 aliphatic rings. The van der Waals surface area contributed by atoms with Crippen LogP contribution in [0.1, 0.15) is 56.2 Å². The lowest BCUT2D eigenvalue weighted by molar-refractivity contribution is -0.161. The minimum atomic E-state index is -0.472. The van der Waals surface area contributed by atoms with E-state index in [9.17, 15) is 9.90 Å². The van der Waals surface area contributed by atoms with Crippen molar-refractivity contribution in [2.75, 3.05) is 12.4 Å². The predicted octanol–water partition coefficient (Wildman–Crippen LogP) is 6.48. The summed E-state index contributed by atoms with van der Waals surface area (Å²) in [6.07, 6.45) is 4.72. The van der Waals surface area contributed by atoms with Gasteiger partial charge in [-0.3, -0.25) is 4.79 Å². The Labute approximate surface area is 212 Å². The summed E-state index contributed by atoms with van der Waals surface area (Å²) in [7, 11) is 1.50. The van der Waals surface area contributed by atoms with Crippen LogP contribution in [-0.4, -0.2) is 28.2 Å². The second-order valence-corrected chi connectivity index (χ2v) is 11.4. The van der Waals surface area contributed by atoms with Crippen molar-refractivity contribution < 1.29 is 14.6 Å². The third-order valence-corrected chi connectivity index (χ3v) is 9.04. The Bertz CT molecular complexity index is 1290. The monoisotopic (exact) mass is 545 g/mol. The highest BCUT2D eigenvalue weighted by Crippen LogP contribution is 2.58. The fourth-order valence-electron chi connectivity index (χ4n) is 6.51. The van der Waals surface area contributed by atoms with E-state index in [1.807, 2.05) is 0 Å². The number of benzene rings is 2. The molecule has 1 heterocycles. The van der Waals surface area contributed by atoms with Crippen molar-refractivity contribution in [3.8, 4) is 5.75 Å². The molecule has 0 radical (unpaired) electrons. The Balaban J connectivity index is 1.52. The molecule has 8 heteroatoms. The van der Waals surface area contributed by atoms with Crippen molar-refractivity contribution in [2.24, 2.45) is 11.3 Å². The number of nitrogens with one attached hydrogen (secondary N) is 2. The number of ether oxygens (including phenoxy) is 1. The van der Waals surface area contributed by atoms with Gasteiger partial charge < -0.3 is 20.1 Å². The van der Waals surface area contributed by atoms with Crippen molar-refractivity contribution in [3.05, 3.63) is 50.5 Å². The zero-order chi connectivity index (χ0) is 24.3. The van der Waals surface area contributed by atoms with Gasteiger partial charge in [0.1, 0.15) is 11.3 Å². The summed E-state index contributed by atoms with van der Waals surface area (Å²) in [4.78, 5) is 21.1. The van der Waals surface area contributed by atoms with Crippen LogP contribution < -0.4 is 5.32 Å². The average Bonchev–Trinajstić information content (AvgIpc) is 3.25. The first-order chi connectivity index (χ1) is 16.2. The number of esters is 1. The predicted molar refractivity (Wildman–Crippen MR) is 137 cm³/mol. The van der Waals surface area contributed by atoms with Crippen molar-refractivity contribution >= 4 is 50.5 Å². The number of carbonyl (C=O) groups is 1. The van der Waals surface area contributed by atoms with Gasteiger partial charge in [0.15, 0.2) is 0 Å². The normalized spacial score (nSPS) is 26.1. The molecule has 1 fully saturated rings. The molecular weight excluding hydrogens is 518 g/mol. The highest BCUT2D eigenvalue weighted by Gasteiger charge is 2.56. The number of aromatic amines is 1. The number of phenols is 1. The van der Waals surface area contributed by atoms with Gasteiger partial charge in [-0.2, -0.15) is 0 Å². The van der Waals surface area contributed by atoms with E-state index >= 15 is 0 Å². The molecule has 0 aliphatic heterocycles. The molecule has 2 aliphatic carbocycles. The maximum absolute atomic E-state index is 12.8. The molecular formula is C26H29BrClN3O3. The molecule has 0 saturated heterocycles. The second-order valence-electron chi connectivity index (χ2n) is 10.1. The number of aromatic hydroxyl groups is 1. The number of hydrogen-bond donors (Lipinski definition) is 3.